The Labute approximate surface area is 173 Å². The molecule has 0 spiro atoms. The van der Waals surface area contributed by atoms with Gasteiger partial charge in [0.1, 0.15) is 5.82 Å². The van der Waals surface area contributed by atoms with Crippen LogP contribution in [0.3, 0.4) is 0 Å². The van der Waals surface area contributed by atoms with Gasteiger partial charge in [0.15, 0.2) is 0 Å². The first-order chi connectivity index (χ1) is 14.1. The molecular formula is C23H30N6. The summed E-state index contributed by atoms with van der Waals surface area (Å²) in [6.45, 7) is 8.81. The van der Waals surface area contributed by atoms with Crippen LogP contribution in [0.4, 0.5) is 17.5 Å². The van der Waals surface area contributed by atoms with E-state index >= 15 is 0 Å². The number of aryl methyl sites for hydroxylation is 1. The Morgan fingerprint density at radius 2 is 2.03 bits per heavy atom. The molecule has 152 valence electrons. The average molecular weight is 391 g/mol. The molecule has 3 N–H and O–H groups in total. The Bertz CT molecular complexity index is 888. The number of fused-ring (bicyclic) bond motifs is 1. The molecule has 1 aliphatic rings. The average Bonchev–Trinajstić information content (AvgIpc) is 2.71. The molecule has 3 rings (SSSR count). The first-order valence-electron chi connectivity index (χ1n) is 10.1. The van der Waals surface area contributed by atoms with E-state index in [-0.39, 0.29) is 5.92 Å². The van der Waals surface area contributed by atoms with E-state index in [4.69, 9.17) is 5.73 Å². The number of pyridine rings is 1. The Balaban J connectivity index is 1.70. The molecule has 1 atom stereocenters. The summed E-state index contributed by atoms with van der Waals surface area (Å²) in [5.74, 6) is 1.43. The van der Waals surface area contributed by atoms with Gasteiger partial charge in [-0.15, -0.1) is 6.58 Å². The minimum absolute atomic E-state index is 0.242. The summed E-state index contributed by atoms with van der Waals surface area (Å²) in [6.07, 6.45) is 16.2. The van der Waals surface area contributed by atoms with Gasteiger partial charge in [0, 0.05) is 42.1 Å². The van der Waals surface area contributed by atoms with Gasteiger partial charge in [-0.2, -0.15) is 4.98 Å². The lowest BCUT2D eigenvalue weighted by Gasteiger charge is -2.20. The highest BCUT2D eigenvalue weighted by molar-refractivity contribution is 5.54. The fourth-order valence-electron chi connectivity index (χ4n) is 3.56. The number of nitrogens with one attached hydrogen (secondary N) is 1. The third kappa shape index (κ3) is 5.67. The van der Waals surface area contributed by atoms with Gasteiger partial charge in [0.05, 0.1) is 5.69 Å². The monoisotopic (exact) mass is 390 g/mol. The van der Waals surface area contributed by atoms with Gasteiger partial charge in [0.25, 0.3) is 0 Å². The number of nitrogens with two attached hydrogens (primary N) is 1. The maximum absolute atomic E-state index is 5.91. The fraction of sp³-hybridized carbons (Fsp3) is 0.348. The van der Waals surface area contributed by atoms with Gasteiger partial charge >= 0.3 is 0 Å². The number of anilines is 3. The standard InChI is InChI=1S/C23H30N6/c1-4-14-29(19-9-12-25-13-10-19)15-11-17(2)16-18(3)26-22-20-7-5-6-8-21(20)27-23(24)28-22/h4,9-13,15-17H,1,5-8,14H2,2-3H3,(H3,24,26,27,28)/b15-11-,18-16+. The SMILES string of the molecule is C=CCN(/C=C\C(C)/C=C(\C)Nc1nc(N)nc2c1CCCC2)c1ccncc1. The highest BCUT2D eigenvalue weighted by atomic mass is 15.1. The number of allylic oxidation sites excluding steroid dienone is 3. The van der Waals surface area contributed by atoms with Crippen molar-refractivity contribution in [2.45, 2.75) is 39.5 Å². The number of hydrogen-bond acceptors (Lipinski definition) is 6. The summed E-state index contributed by atoms with van der Waals surface area (Å²) in [5.41, 5.74) is 10.3. The van der Waals surface area contributed by atoms with Gasteiger partial charge in [-0.25, -0.2) is 4.98 Å². The summed E-state index contributed by atoms with van der Waals surface area (Å²) in [4.78, 5) is 15.1. The molecule has 0 saturated carbocycles. The van der Waals surface area contributed by atoms with E-state index in [9.17, 15) is 0 Å². The van der Waals surface area contributed by atoms with Crippen LogP contribution in [0.25, 0.3) is 0 Å². The van der Waals surface area contributed by atoms with E-state index in [2.05, 4.69) is 63.9 Å². The molecular weight excluding hydrogens is 360 g/mol. The van der Waals surface area contributed by atoms with Gasteiger partial charge in [0.2, 0.25) is 5.95 Å². The van der Waals surface area contributed by atoms with Crippen LogP contribution < -0.4 is 16.0 Å². The summed E-state index contributed by atoms with van der Waals surface area (Å²) in [5, 5.41) is 3.44. The first-order valence-corrected chi connectivity index (χ1v) is 10.1. The fourth-order valence-corrected chi connectivity index (χ4v) is 3.56. The topological polar surface area (TPSA) is 80.0 Å². The maximum Gasteiger partial charge on any atom is 0.222 e. The molecule has 0 fully saturated rings. The normalized spacial score (nSPS) is 15.0. The molecule has 2 aromatic heterocycles. The Morgan fingerprint density at radius 3 is 2.79 bits per heavy atom. The molecule has 0 amide bonds. The zero-order chi connectivity index (χ0) is 20.6. The van der Waals surface area contributed by atoms with Crippen LogP contribution in [-0.2, 0) is 12.8 Å². The number of rotatable bonds is 8. The smallest absolute Gasteiger partial charge is 0.222 e. The quantitative estimate of drug-likeness (QED) is 0.647. The summed E-state index contributed by atoms with van der Waals surface area (Å²) in [7, 11) is 0. The van der Waals surface area contributed by atoms with Crippen LogP contribution in [0, 0.1) is 5.92 Å². The van der Waals surface area contributed by atoms with Crippen molar-refractivity contribution in [3.63, 3.8) is 0 Å². The summed E-state index contributed by atoms with van der Waals surface area (Å²) in [6, 6.07) is 3.98. The van der Waals surface area contributed by atoms with E-state index in [1.807, 2.05) is 18.2 Å². The van der Waals surface area contributed by atoms with Crippen molar-refractivity contribution in [2.24, 2.45) is 5.92 Å². The summed E-state index contributed by atoms with van der Waals surface area (Å²) < 4.78 is 0. The zero-order valence-corrected chi connectivity index (χ0v) is 17.3. The Hall–Kier alpha value is -3.15. The van der Waals surface area contributed by atoms with E-state index in [0.29, 0.717) is 5.95 Å². The molecule has 0 radical (unpaired) electrons. The summed E-state index contributed by atoms with van der Waals surface area (Å²) >= 11 is 0. The van der Waals surface area contributed by atoms with Crippen LogP contribution in [0.1, 0.15) is 37.9 Å². The Morgan fingerprint density at radius 1 is 1.28 bits per heavy atom. The minimum atomic E-state index is 0.242. The van der Waals surface area contributed by atoms with E-state index < -0.39 is 0 Å². The number of nitrogens with zero attached hydrogens (tertiary/aromatic N) is 4. The third-order valence-electron chi connectivity index (χ3n) is 4.92. The van der Waals surface area contributed by atoms with Gasteiger partial charge in [-0.1, -0.05) is 25.2 Å². The molecule has 29 heavy (non-hydrogen) atoms. The van der Waals surface area contributed by atoms with E-state index in [1.54, 1.807) is 12.4 Å². The molecule has 6 heteroatoms. The molecule has 0 aromatic carbocycles. The lowest BCUT2D eigenvalue weighted by molar-refractivity contribution is 0.665. The molecule has 0 saturated heterocycles. The van der Waals surface area contributed by atoms with E-state index in [1.165, 1.54) is 12.0 Å². The van der Waals surface area contributed by atoms with Crippen molar-refractivity contribution in [3.05, 3.63) is 72.5 Å². The van der Waals surface area contributed by atoms with Gasteiger partial charge in [-0.05, 0) is 50.7 Å². The van der Waals surface area contributed by atoms with Crippen LogP contribution in [0.5, 0.6) is 0 Å². The van der Waals surface area contributed by atoms with Crippen molar-refractivity contribution in [2.75, 3.05) is 22.5 Å². The minimum Gasteiger partial charge on any atom is -0.368 e. The molecule has 6 nitrogen and oxygen atoms in total. The van der Waals surface area contributed by atoms with Crippen molar-refractivity contribution in [3.8, 4) is 0 Å². The first kappa shape index (κ1) is 20.6. The predicted octanol–water partition coefficient (Wildman–Crippen LogP) is 4.49. The van der Waals surface area contributed by atoms with E-state index in [0.717, 1.165) is 48.7 Å². The van der Waals surface area contributed by atoms with Gasteiger partial charge in [-0.3, -0.25) is 4.98 Å². The molecule has 0 aliphatic heterocycles. The molecule has 2 aromatic rings. The second kappa shape index (κ2) is 9.87. The predicted molar refractivity (Wildman–Crippen MR) is 121 cm³/mol. The van der Waals surface area contributed by atoms with Gasteiger partial charge < -0.3 is 16.0 Å². The zero-order valence-electron chi connectivity index (χ0n) is 17.3. The molecule has 1 unspecified atom stereocenters. The number of aromatic nitrogens is 3. The second-order valence-electron chi connectivity index (χ2n) is 7.38. The van der Waals surface area contributed by atoms with Crippen molar-refractivity contribution >= 4 is 17.5 Å². The lowest BCUT2D eigenvalue weighted by atomic mass is 9.96. The lowest BCUT2D eigenvalue weighted by Crippen LogP contribution is -2.16. The van der Waals surface area contributed by atoms with Crippen molar-refractivity contribution < 1.29 is 0 Å². The second-order valence-corrected chi connectivity index (χ2v) is 7.38. The molecule has 0 bridgehead atoms. The van der Waals surface area contributed by atoms with Crippen LogP contribution >= 0.6 is 0 Å². The maximum atomic E-state index is 5.91. The van der Waals surface area contributed by atoms with Crippen molar-refractivity contribution in [1.82, 2.24) is 15.0 Å². The largest absolute Gasteiger partial charge is 0.368 e. The van der Waals surface area contributed by atoms with Crippen LogP contribution in [0.15, 0.2) is 61.2 Å². The Kier molecular flexibility index (Phi) is 7.00. The highest BCUT2D eigenvalue weighted by Crippen LogP contribution is 2.27. The number of nitrogen functional groups attached to an aromatic ring is 1. The van der Waals surface area contributed by atoms with Crippen LogP contribution in [0.2, 0.25) is 0 Å². The molecule has 1 aliphatic carbocycles. The van der Waals surface area contributed by atoms with Crippen molar-refractivity contribution in [1.29, 1.82) is 0 Å². The molecule has 2 heterocycles. The third-order valence-corrected chi connectivity index (χ3v) is 4.92. The van der Waals surface area contributed by atoms with Crippen LogP contribution in [-0.4, -0.2) is 21.5 Å². The highest BCUT2D eigenvalue weighted by Gasteiger charge is 2.17. The number of hydrogen-bond donors (Lipinski definition) is 2.